The van der Waals surface area contributed by atoms with E-state index in [9.17, 15) is 28.8 Å². The first-order chi connectivity index (χ1) is 13.7. The molecule has 0 fully saturated rings. The molecule has 2 heterocycles. The van der Waals surface area contributed by atoms with Crippen LogP contribution in [-0.2, 0) is 12.8 Å². The number of benzene rings is 1. The first kappa shape index (κ1) is 20.1. The zero-order chi connectivity index (χ0) is 21.3. The van der Waals surface area contributed by atoms with Crippen molar-refractivity contribution in [2.45, 2.75) is 12.8 Å². The SMILES string of the molecule is N#Cc1c(N)nc(-n2cnc(CO)c2)c(C#N)c1-c1ccc(C(F)(F)F)c(Cl)c1. The minimum absolute atomic E-state index is 0.00206. The zero-order valence-corrected chi connectivity index (χ0v) is 15.1. The molecule has 0 aliphatic carbocycles. The fraction of sp³-hybridized carbons (Fsp3) is 0.111. The Labute approximate surface area is 167 Å². The second kappa shape index (κ2) is 7.43. The maximum atomic E-state index is 13.0. The molecular weight excluding hydrogens is 409 g/mol. The Balaban J connectivity index is 2.32. The summed E-state index contributed by atoms with van der Waals surface area (Å²) in [6.45, 7) is -0.359. The second-order valence-electron chi connectivity index (χ2n) is 5.79. The molecule has 0 radical (unpaired) electrons. The van der Waals surface area contributed by atoms with Gasteiger partial charge in [0.2, 0.25) is 0 Å². The highest BCUT2D eigenvalue weighted by atomic mass is 35.5. The van der Waals surface area contributed by atoms with Crippen LogP contribution < -0.4 is 5.73 Å². The van der Waals surface area contributed by atoms with E-state index >= 15 is 0 Å². The predicted octanol–water partition coefficient (Wildman–Crippen LogP) is 3.42. The Morgan fingerprint density at radius 3 is 2.41 bits per heavy atom. The van der Waals surface area contributed by atoms with Crippen molar-refractivity contribution < 1.29 is 18.3 Å². The number of nitrogens with two attached hydrogens (primary N) is 1. The van der Waals surface area contributed by atoms with Gasteiger partial charge >= 0.3 is 6.18 Å². The lowest BCUT2D eigenvalue weighted by Gasteiger charge is -2.15. The van der Waals surface area contributed by atoms with Gasteiger partial charge in [0.05, 0.1) is 22.9 Å². The number of pyridine rings is 1. The molecule has 3 N–H and O–H groups in total. The number of hydrogen-bond acceptors (Lipinski definition) is 6. The van der Waals surface area contributed by atoms with Crippen molar-refractivity contribution in [3.63, 3.8) is 0 Å². The van der Waals surface area contributed by atoms with Crippen LogP contribution in [0.4, 0.5) is 19.0 Å². The number of rotatable bonds is 3. The quantitative estimate of drug-likeness (QED) is 0.671. The van der Waals surface area contributed by atoms with Gasteiger partial charge in [0.1, 0.15) is 35.4 Å². The van der Waals surface area contributed by atoms with Gasteiger partial charge in [-0.05, 0) is 17.7 Å². The Morgan fingerprint density at radius 2 is 1.90 bits per heavy atom. The minimum Gasteiger partial charge on any atom is -0.390 e. The molecule has 0 atom stereocenters. The van der Waals surface area contributed by atoms with E-state index in [4.69, 9.17) is 17.3 Å². The molecule has 1 aromatic carbocycles. The maximum absolute atomic E-state index is 13.0. The molecule has 0 spiro atoms. The van der Waals surface area contributed by atoms with Crippen LogP contribution in [-0.4, -0.2) is 19.6 Å². The zero-order valence-electron chi connectivity index (χ0n) is 14.4. The van der Waals surface area contributed by atoms with E-state index in [-0.39, 0.29) is 46.2 Å². The standard InChI is InChI=1S/C18H10ClF3N6O/c19-14-3-9(1-2-13(14)18(20,21)22)15-11(4-23)16(25)27-17(12(15)5-24)28-6-10(7-29)26-8-28/h1-3,6,8,29H,7H2,(H2,25,27). The number of anilines is 1. The van der Waals surface area contributed by atoms with Gasteiger partial charge in [-0.3, -0.25) is 4.57 Å². The number of nitrogens with zero attached hydrogens (tertiary/aromatic N) is 5. The van der Waals surface area contributed by atoms with E-state index in [2.05, 4.69) is 9.97 Å². The van der Waals surface area contributed by atoms with Crippen molar-refractivity contribution in [2.75, 3.05) is 5.73 Å². The van der Waals surface area contributed by atoms with Gasteiger partial charge in [-0.25, -0.2) is 9.97 Å². The highest BCUT2D eigenvalue weighted by Crippen LogP contribution is 2.39. The third-order valence-corrected chi connectivity index (χ3v) is 4.35. The van der Waals surface area contributed by atoms with Gasteiger partial charge in [0.15, 0.2) is 5.82 Å². The third-order valence-electron chi connectivity index (χ3n) is 4.04. The van der Waals surface area contributed by atoms with Crippen molar-refractivity contribution in [3.8, 4) is 29.1 Å². The van der Waals surface area contributed by atoms with Crippen LogP contribution in [0.2, 0.25) is 5.02 Å². The Kier molecular flexibility index (Phi) is 5.16. The highest BCUT2D eigenvalue weighted by molar-refractivity contribution is 6.31. The number of nitriles is 2. The fourth-order valence-corrected chi connectivity index (χ4v) is 3.03. The largest absolute Gasteiger partial charge is 0.417 e. The van der Waals surface area contributed by atoms with Crippen LogP contribution in [0.15, 0.2) is 30.7 Å². The lowest BCUT2D eigenvalue weighted by molar-refractivity contribution is -0.137. The van der Waals surface area contributed by atoms with Gasteiger partial charge in [-0.2, -0.15) is 23.7 Å². The molecule has 29 heavy (non-hydrogen) atoms. The number of hydrogen-bond donors (Lipinski definition) is 2. The predicted molar refractivity (Wildman–Crippen MR) is 96.6 cm³/mol. The summed E-state index contributed by atoms with van der Waals surface area (Å²) in [6.07, 6.45) is -1.98. The molecule has 11 heteroatoms. The summed E-state index contributed by atoms with van der Waals surface area (Å²) in [6, 6.07) is 6.61. The molecule has 3 rings (SSSR count). The molecule has 0 saturated carbocycles. The molecule has 0 aliphatic rings. The van der Waals surface area contributed by atoms with E-state index in [0.717, 1.165) is 18.2 Å². The number of aliphatic hydroxyl groups excluding tert-OH is 1. The van der Waals surface area contributed by atoms with E-state index in [1.165, 1.54) is 17.1 Å². The van der Waals surface area contributed by atoms with E-state index < -0.39 is 16.8 Å². The number of aliphatic hydroxyl groups is 1. The van der Waals surface area contributed by atoms with Crippen LogP contribution >= 0.6 is 11.6 Å². The van der Waals surface area contributed by atoms with Gasteiger partial charge in [-0.1, -0.05) is 17.7 Å². The summed E-state index contributed by atoms with van der Waals surface area (Å²) >= 11 is 5.80. The maximum Gasteiger partial charge on any atom is 0.417 e. The van der Waals surface area contributed by atoms with Crippen LogP contribution in [0.25, 0.3) is 16.9 Å². The van der Waals surface area contributed by atoms with E-state index in [1.807, 2.05) is 12.1 Å². The fourth-order valence-electron chi connectivity index (χ4n) is 2.75. The number of alkyl halides is 3. The summed E-state index contributed by atoms with van der Waals surface area (Å²) in [5.74, 6) is -0.228. The molecule has 0 saturated heterocycles. The van der Waals surface area contributed by atoms with Gasteiger partial charge in [-0.15, -0.1) is 0 Å². The smallest absolute Gasteiger partial charge is 0.390 e. The Hall–Kier alpha value is -3.60. The van der Waals surface area contributed by atoms with Gasteiger partial charge in [0, 0.05) is 11.8 Å². The van der Waals surface area contributed by atoms with Crippen molar-refractivity contribution in [1.82, 2.24) is 14.5 Å². The average Bonchev–Trinajstić information content (AvgIpc) is 3.15. The monoisotopic (exact) mass is 418 g/mol. The summed E-state index contributed by atoms with van der Waals surface area (Å²) in [5.41, 5.74) is 4.90. The lowest BCUT2D eigenvalue weighted by atomic mass is 9.95. The lowest BCUT2D eigenvalue weighted by Crippen LogP contribution is -2.09. The van der Waals surface area contributed by atoms with Crippen LogP contribution in [0, 0.1) is 22.7 Å². The number of nitrogen functional groups attached to an aromatic ring is 1. The summed E-state index contributed by atoms with van der Waals surface area (Å²) < 4.78 is 40.3. The second-order valence-corrected chi connectivity index (χ2v) is 6.20. The Bertz CT molecular complexity index is 1190. The highest BCUT2D eigenvalue weighted by Gasteiger charge is 2.33. The molecule has 0 amide bonds. The number of aromatic nitrogens is 3. The first-order valence-corrected chi connectivity index (χ1v) is 8.24. The van der Waals surface area contributed by atoms with E-state index in [1.54, 1.807) is 0 Å². The molecule has 0 bridgehead atoms. The van der Waals surface area contributed by atoms with Crippen LogP contribution in [0.3, 0.4) is 0 Å². The molecule has 146 valence electrons. The normalized spacial score (nSPS) is 11.1. The number of imidazole rings is 1. The van der Waals surface area contributed by atoms with Crippen molar-refractivity contribution in [1.29, 1.82) is 10.5 Å². The molecule has 3 aromatic rings. The van der Waals surface area contributed by atoms with Gasteiger partial charge in [0.25, 0.3) is 0 Å². The van der Waals surface area contributed by atoms with Crippen molar-refractivity contribution >= 4 is 17.4 Å². The Morgan fingerprint density at radius 1 is 1.21 bits per heavy atom. The van der Waals surface area contributed by atoms with E-state index in [0.29, 0.717) is 0 Å². The topological polar surface area (TPSA) is 125 Å². The van der Waals surface area contributed by atoms with Crippen molar-refractivity contribution in [2.24, 2.45) is 0 Å². The first-order valence-electron chi connectivity index (χ1n) is 7.86. The summed E-state index contributed by atoms with van der Waals surface area (Å²) in [4.78, 5) is 7.98. The molecule has 0 aliphatic heterocycles. The number of halogens is 4. The average molecular weight is 419 g/mol. The summed E-state index contributed by atoms with van der Waals surface area (Å²) in [5, 5.41) is 27.8. The molecule has 7 nitrogen and oxygen atoms in total. The van der Waals surface area contributed by atoms with Gasteiger partial charge < -0.3 is 10.8 Å². The summed E-state index contributed by atoms with van der Waals surface area (Å²) in [7, 11) is 0. The van der Waals surface area contributed by atoms with Crippen LogP contribution in [0.5, 0.6) is 0 Å². The molecule has 0 unspecified atom stereocenters. The van der Waals surface area contributed by atoms with Crippen molar-refractivity contribution in [3.05, 3.63) is 58.1 Å². The third kappa shape index (κ3) is 3.59. The van der Waals surface area contributed by atoms with Crippen LogP contribution in [0.1, 0.15) is 22.4 Å². The molecule has 2 aromatic heterocycles. The molecular formula is C18H10ClF3N6O. The minimum atomic E-state index is -4.66.